The Hall–Kier alpha value is -2.43. The molecule has 0 saturated carbocycles. The van der Waals surface area contributed by atoms with Crippen LogP contribution < -0.4 is 5.32 Å². The molecule has 0 spiro atoms. The van der Waals surface area contributed by atoms with Gasteiger partial charge in [0, 0.05) is 15.8 Å². The van der Waals surface area contributed by atoms with Gasteiger partial charge in [-0.15, -0.1) is 11.3 Å². The number of fused-ring (bicyclic) bond motifs is 3. The summed E-state index contributed by atoms with van der Waals surface area (Å²) >= 11 is 7.86. The lowest BCUT2D eigenvalue weighted by molar-refractivity contribution is 0.103. The summed E-state index contributed by atoms with van der Waals surface area (Å²) in [7, 11) is 0. The summed E-state index contributed by atoms with van der Waals surface area (Å²) in [6, 6.07) is 17.6. The van der Waals surface area contributed by atoms with Crippen LogP contribution in [0.3, 0.4) is 0 Å². The molecule has 0 bridgehead atoms. The lowest BCUT2D eigenvalue weighted by Gasteiger charge is -2.04. The van der Waals surface area contributed by atoms with E-state index in [1.54, 1.807) is 0 Å². The zero-order valence-corrected chi connectivity index (χ0v) is 13.9. The summed E-state index contributed by atoms with van der Waals surface area (Å²) in [5.74, 6) is -0.642. The zero-order chi connectivity index (χ0) is 16.7. The van der Waals surface area contributed by atoms with Crippen LogP contribution in [0.15, 0.2) is 60.7 Å². The van der Waals surface area contributed by atoms with Crippen LogP contribution in [0.2, 0.25) is 5.02 Å². The molecule has 1 N–H and O–H groups in total. The molecule has 0 fully saturated rings. The number of carbonyl (C=O) groups excluding carboxylic acids is 1. The molecule has 4 aromatic rings. The molecular formula is C19H11ClFNOS. The number of halogens is 2. The fourth-order valence-corrected chi connectivity index (χ4v) is 4.17. The van der Waals surface area contributed by atoms with Crippen LogP contribution in [0.5, 0.6) is 0 Å². The lowest BCUT2D eigenvalue weighted by Crippen LogP contribution is -2.10. The van der Waals surface area contributed by atoms with Crippen LogP contribution >= 0.6 is 22.9 Å². The van der Waals surface area contributed by atoms with E-state index < -0.39 is 0 Å². The lowest BCUT2D eigenvalue weighted by atomic mass is 10.1. The molecule has 1 amide bonds. The minimum absolute atomic E-state index is 0.295. The Labute approximate surface area is 146 Å². The van der Waals surface area contributed by atoms with Crippen LogP contribution in [0.1, 0.15) is 9.67 Å². The van der Waals surface area contributed by atoms with Gasteiger partial charge >= 0.3 is 0 Å². The molecule has 118 valence electrons. The molecule has 4 rings (SSSR count). The molecule has 0 aliphatic carbocycles. The van der Waals surface area contributed by atoms with Crippen molar-refractivity contribution in [3.05, 3.63) is 76.4 Å². The smallest absolute Gasteiger partial charge is 0.267 e. The number of carbonyl (C=O) groups is 1. The fourth-order valence-electron chi connectivity index (χ4n) is 2.70. The van der Waals surface area contributed by atoms with Crippen molar-refractivity contribution in [1.29, 1.82) is 0 Å². The summed E-state index contributed by atoms with van der Waals surface area (Å²) in [5.41, 5.74) is 0.528. The SMILES string of the molecule is O=C(Nc1ccc(F)cc1)c1sc2ccc3ccccc3c2c1Cl. The van der Waals surface area contributed by atoms with Gasteiger partial charge in [-0.25, -0.2) is 4.39 Å². The van der Waals surface area contributed by atoms with Gasteiger partial charge in [0.2, 0.25) is 0 Å². The maximum absolute atomic E-state index is 13.0. The molecule has 0 atom stereocenters. The van der Waals surface area contributed by atoms with Crippen molar-refractivity contribution in [3.63, 3.8) is 0 Å². The van der Waals surface area contributed by atoms with Gasteiger partial charge in [-0.3, -0.25) is 4.79 Å². The number of hydrogen-bond donors (Lipinski definition) is 1. The first-order valence-electron chi connectivity index (χ1n) is 7.30. The van der Waals surface area contributed by atoms with Crippen molar-refractivity contribution >= 4 is 55.4 Å². The van der Waals surface area contributed by atoms with Gasteiger partial charge in [0.05, 0.1) is 5.02 Å². The van der Waals surface area contributed by atoms with Crippen molar-refractivity contribution < 1.29 is 9.18 Å². The van der Waals surface area contributed by atoms with E-state index in [2.05, 4.69) is 5.32 Å². The molecule has 1 heterocycles. The van der Waals surface area contributed by atoms with E-state index in [0.29, 0.717) is 15.6 Å². The number of benzene rings is 3. The Bertz CT molecular complexity index is 1070. The highest BCUT2D eigenvalue weighted by Crippen LogP contribution is 2.40. The first kappa shape index (κ1) is 15.1. The molecule has 24 heavy (non-hydrogen) atoms. The first-order valence-corrected chi connectivity index (χ1v) is 8.49. The third-order valence-corrected chi connectivity index (χ3v) is 5.47. The van der Waals surface area contributed by atoms with Crippen molar-refractivity contribution in [3.8, 4) is 0 Å². The normalized spacial score (nSPS) is 11.1. The van der Waals surface area contributed by atoms with Crippen LogP contribution in [-0.4, -0.2) is 5.91 Å². The number of hydrogen-bond acceptors (Lipinski definition) is 2. The minimum atomic E-state index is -0.348. The Morgan fingerprint density at radius 2 is 1.75 bits per heavy atom. The highest BCUT2D eigenvalue weighted by Gasteiger charge is 2.19. The van der Waals surface area contributed by atoms with Crippen molar-refractivity contribution in [2.45, 2.75) is 0 Å². The second kappa shape index (κ2) is 5.89. The van der Waals surface area contributed by atoms with Crippen molar-refractivity contribution in [2.24, 2.45) is 0 Å². The van der Waals surface area contributed by atoms with E-state index in [4.69, 9.17) is 11.6 Å². The predicted molar refractivity (Wildman–Crippen MR) is 98.7 cm³/mol. The largest absolute Gasteiger partial charge is 0.321 e. The van der Waals surface area contributed by atoms with Crippen LogP contribution in [0, 0.1) is 5.82 Å². The average molecular weight is 356 g/mol. The molecule has 0 aliphatic rings. The van der Waals surface area contributed by atoms with Gasteiger partial charge in [-0.05, 0) is 41.1 Å². The molecule has 1 aromatic heterocycles. The molecule has 0 saturated heterocycles. The van der Waals surface area contributed by atoms with E-state index in [9.17, 15) is 9.18 Å². The summed E-state index contributed by atoms with van der Waals surface area (Å²) in [4.78, 5) is 13.0. The van der Waals surface area contributed by atoms with Gasteiger partial charge in [-0.2, -0.15) is 0 Å². The van der Waals surface area contributed by atoms with Crippen molar-refractivity contribution in [1.82, 2.24) is 0 Å². The molecule has 3 aromatic carbocycles. The Morgan fingerprint density at radius 3 is 2.54 bits per heavy atom. The van der Waals surface area contributed by atoms with Crippen molar-refractivity contribution in [2.75, 3.05) is 5.32 Å². The number of amides is 1. The van der Waals surface area contributed by atoms with E-state index in [0.717, 1.165) is 20.9 Å². The minimum Gasteiger partial charge on any atom is -0.321 e. The fraction of sp³-hybridized carbons (Fsp3) is 0. The number of rotatable bonds is 2. The zero-order valence-electron chi connectivity index (χ0n) is 12.3. The summed E-state index contributed by atoms with van der Waals surface area (Å²) in [6.45, 7) is 0. The molecule has 0 radical (unpaired) electrons. The number of nitrogens with one attached hydrogen (secondary N) is 1. The average Bonchev–Trinajstić information content (AvgIpc) is 2.94. The number of anilines is 1. The maximum Gasteiger partial charge on any atom is 0.267 e. The first-order chi connectivity index (χ1) is 11.6. The van der Waals surface area contributed by atoms with Gasteiger partial charge < -0.3 is 5.32 Å². The Balaban J connectivity index is 1.79. The quantitative estimate of drug-likeness (QED) is 0.462. The number of thiophene rings is 1. The monoisotopic (exact) mass is 355 g/mol. The Kier molecular flexibility index (Phi) is 3.71. The topological polar surface area (TPSA) is 29.1 Å². The van der Waals surface area contributed by atoms with Crippen LogP contribution in [0.25, 0.3) is 20.9 Å². The molecule has 0 aliphatic heterocycles. The highest BCUT2D eigenvalue weighted by molar-refractivity contribution is 7.22. The van der Waals surface area contributed by atoms with Gasteiger partial charge in [0.15, 0.2) is 0 Å². The Morgan fingerprint density at radius 1 is 1.00 bits per heavy atom. The van der Waals surface area contributed by atoms with E-state index >= 15 is 0 Å². The molecular weight excluding hydrogens is 345 g/mol. The van der Waals surface area contributed by atoms with E-state index in [1.165, 1.54) is 35.6 Å². The predicted octanol–water partition coefficient (Wildman–Crippen LogP) is 6.10. The van der Waals surface area contributed by atoms with Crippen LogP contribution in [0.4, 0.5) is 10.1 Å². The summed E-state index contributed by atoms with van der Waals surface area (Å²) in [6.07, 6.45) is 0. The molecule has 2 nitrogen and oxygen atoms in total. The van der Waals surface area contributed by atoms with Crippen LogP contribution in [-0.2, 0) is 0 Å². The third kappa shape index (κ3) is 2.54. The van der Waals surface area contributed by atoms with Gasteiger partial charge in [0.1, 0.15) is 10.7 Å². The standard InChI is InChI=1S/C19H11ClFNOS/c20-17-16-14-4-2-1-3-11(14)5-10-15(16)24-18(17)19(23)22-13-8-6-12(21)7-9-13/h1-10H,(H,22,23). The highest BCUT2D eigenvalue weighted by atomic mass is 35.5. The second-order valence-electron chi connectivity index (χ2n) is 5.37. The maximum atomic E-state index is 13.0. The van der Waals surface area contributed by atoms with Gasteiger partial charge in [0.25, 0.3) is 5.91 Å². The third-order valence-electron chi connectivity index (χ3n) is 3.83. The van der Waals surface area contributed by atoms with Gasteiger partial charge in [-0.1, -0.05) is 41.9 Å². The molecule has 0 unspecified atom stereocenters. The summed E-state index contributed by atoms with van der Waals surface area (Å²) in [5, 5.41) is 6.20. The van der Waals surface area contributed by atoms with E-state index in [-0.39, 0.29) is 11.7 Å². The second-order valence-corrected chi connectivity index (χ2v) is 6.80. The summed E-state index contributed by atoms with van der Waals surface area (Å²) < 4.78 is 13.9. The van der Waals surface area contributed by atoms with E-state index in [1.807, 2.05) is 36.4 Å². The molecule has 5 heteroatoms.